The SMILES string of the molecule is Cc1c(C(C)NC(=O)C2CCC(CN)CC2)cnn1C. The zero-order valence-electron chi connectivity index (χ0n) is 12.7. The van der Waals surface area contributed by atoms with Gasteiger partial charge in [0.15, 0.2) is 0 Å². The lowest BCUT2D eigenvalue weighted by Crippen LogP contribution is -2.35. The van der Waals surface area contributed by atoms with Gasteiger partial charge in [-0.2, -0.15) is 5.10 Å². The lowest BCUT2D eigenvalue weighted by atomic mass is 9.81. The maximum atomic E-state index is 12.3. The van der Waals surface area contributed by atoms with Crippen LogP contribution < -0.4 is 11.1 Å². The van der Waals surface area contributed by atoms with Crippen molar-refractivity contribution in [2.24, 2.45) is 24.6 Å². The highest BCUT2D eigenvalue weighted by atomic mass is 16.1. The quantitative estimate of drug-likeness (QED) is 0.880. The predicted octanol–water partition coefficient (Wildman–Crippen LogP) is 1.67. The van der Waals surface area contributed by atoms with E-state index in [1.54, 1.807) is 0 Å². The van der Waals surface area contributed by atoms with Gasteiger partial charge in [-0.05, 0) is 52.0 Å². The summed E-state index contributed by atoms with van der Waals surface area (Å²) in [5.41, 5.74) is 7.89. The molecule has 1 saturated carbocycles. The second-order valence-electron chi connectivity index (χ2n) is 5.99. The summed E-state index contributed by atoms with van der Waals surface area (Å²) in [6.45, 7) is 4.80. The molecule has 1 aliphatic carbocycles. The van der Waals surface area contributed by atoms with Gasteiger partial charge < -0.3 is 11.1 Å². The Labute approximate surface area is 120 Å². The molecule has 1 atom stereocenters. The summed E-state index contributed by atoms with van der Waals surface area (Å²) in [7, 11) is 1.92. The highest BCUT2D eigenvalue weighted by molar-refractivity contribution is 5.79. The summed E-state index contributed by atoms with van der Waals surface area (Å²) in [5, 5.41) is 7.36. The molecule has 0 aromatic carbocycles. The number of carbonyl (C=O) groups excluding carboxylic acids is 1. The van der Waals surface area contributed by atoms with Crippen molar-refractivity contribution in [3.8, 4) is 0 Å². The van der Waals surface area contributed by atoms with Gasteiger partial charge in [-0.15, -0.1) is 0 Å². The third kappa shape index (κ3) is 3.20. The van der Waals surface area contributed by atoms with E-state index in [0.29, 0.717) is 5.92 Å². The minimum absolute atomic E-state index is 0.0171. The van der Waals surface area contributed by atoms with E-state index in [4.69, 9.17) is 5.73 Å². The molecule has 1 aromatic heterocycles. The van der Waals surface area contributed by atoms with E-state index in [0.717, 1.165) is 43.5 Å². The van der Waals surface area contributed by atoms with Gasteiger partial charge in [0.25, 0.3) is 0 Å². The Bertz CT molecular complexity index is 460. The van der Waals surface area contributed by atoms with Crippen molar-refractivity contribution >= 4 is 5.91 Å². The molecule has 1 aromatic rings. The van der Waals surface area contributed by atoms with Crippen molar-refractivity contribution in [1.29, 1.82) is 0 Å². The fraction of sp³-hybridized carbons (Fsp3) is 0.733. The van der Waals surface area contributed by atoms with Crippen LogP contribution in [-0.4, -0.2) is 22.2 Å². The van der Waals surface area contributed by atoms with Crippen molar-refractivity contribution in [1.82, 2.24) is 15.1 Å². The number of rotatable bonds is 4. The summed E-state index contributed by atoms with van der Waals surface area (Å²) >= 11 is 0. The first-order chi connectivity index (χ1) is 9.52. The van der Waals surface area contributed by atoms with E-state index in [9.17, 15) is 4.79 Å². The maximum absolute atomic E-state index is 12.3. The van der Waals surface area contributed by atoms with E-state index in [1.807, 2.05) is 31.8 Å². The van der Waals surface area contributed by atoms with Gasteiger partial charge in [-0.25, -0.2) is 0 Å². The highest BCUT2D eigenvalue weighted by Gasteiger charge is 2.27. The molecule has 1 amide bonds. The second kappa shape index (κ2) is 6.39. The zero-order valence-corrected chi connectivity index (χ0v) is 12.7. The number of carbonyl (C=O) groups is 1. The van der Waals surface area contributed by atoms with Crippen molar-refractivity contribution in [2.45, 2.75) is 45.6 Å². The number of nitrogens with one attached hydrogen (secondary N) is 1. The van der Waals surface area contributed by atoms with Crippen molar-refractivity contribution < 1.29 is 4.79 Å². The molecule has 1 unspecified atom stereocenters. The Morgan fingerprint density at radius 3 is 2.65 bits per heavy atom. The molecule has 5 nitrogen and oxygen atoms in total. The van der Waals surface area contributed by atoms with E-state index >= 15 is 0 Å². The lowest BCUT2D eigenvalue weighted by Gasteiger charge is -2.27. The van der Waals surface area contributed by atoms with Crippen LogP contribution in [0.25, 0.3) is 0 Å². The van der Waals surface area contributed by atoms with E-state index in [2.05, 4.69) is 10.4 Å². The predicted molar refractivity (Wildman–Crippen MR) is 79.0 cm³/mol. The molecule has 1 heterocycles. The Balaban J connectivity index is 1.90. The lowest BCUT2D eigenvalue weighted by molar-refractivity contribution is -0.126. The Morgan fingerprint density at radius 2 is 2.15 bits per heavy atom. The molecule has 3 N–H and O–H groups in total. The number of aromatic nitrogens is 2. The van der Waals surface area contributed by atoms with Crippen LogP contribution in [0.2, 0.25) is 0 Å². The maximum Gasteiger partial charge on any atom is 0.223 e. The number of hydrogen-bond donors (Lipinski definition) is 2. The summed E-state index contributed by atoms with van der Waals surface area (Å²) in [6.07, 6.45) is 5.92. The molecule has 1 aliphatic rings. The molecule has 0 aliphatic heterocycles. The van der Waals surface area contributed by atoms with Gasteiger partial charge in [0.05, 0.1) is 12.2 Å². The minimum Gasteiger partial charge on any atom is -0.349 e. The Kier molecular flexibility index (Phi) is 4.81. The molecular formula is C15H26N4O. The van der Waals surface area contributed by atoms with Crippen LogP contribution in [0.3, 0.4) is 0 Å². The first-order valence-corrected chi connectivity index (χ1v) is 7.51. The highest BCUT2D eigenvalue weighted by Crippen LogP contribution is 2.29. The average Bonchev–Trinajstić information content (AvgIpc) is 2.79. The summed E-state index contributed by atoms with van der Waals surface area (Å²) in [4.78, 5) is 12.3. The second-order valence-corrected chi connectivity index (χ2v) is 5.99. The van der Waals surface area contributed by atoms with Crippen LogP contribution >= 0.6 is 0 Å². The molecule has 2 rings (SSSR count). The normalized spacial score (nSPS) is 24.4. The van der Waals surface area contributed by atoms with Crippen molar-refractivity contribution in [2.75, 3.05) is 6.54 Å². The summed E-state index contributed by atoms with van der Waals surface area (Å²) < 4.78 is 1.84. The first kappa shape index (κ1) is 15.0. The minimum atomic E-state index is 0.0171. The molecule has 112 valence electrons. The van der Waals surface area contributed by atoms with E-state index in [-0.39, 0.29) is 17.9 Å². The number of nitrogens with zero attached hydrogens (tertiary/aromatic N) is 2. The Hall–Kier alpha value is -1.36. The van der Waals surface area contributed by atoms with Crippen LogP contribution in [0, 0.1) is 18.8 Å². The molecule has 1 fully saturated rings. The van der Waals surface area contributed by atoms with E-state index < -0.39 is 0 Å². The van der Waals surface area contributed by atoms with Crippen LogP contribution in [0.4, 0.5) is 0 Å². The smallest absolute Gasteiger partial charge is 0.223 e. The van der Waals surface area contributed by atoms with Gasteiger partial charge in [0, 0.05) is 24.2 Å². The van der Waals surface area contributed by atoms with Crippen LogP contribution in [0.1, 0.15) is 49.9 Å². The fourth-order valence-corrected chi connectivity index (χ4v) is 3.01. The number of hydrogen-bond acceptors (Lipinski definition) is 3. The largest absolute Gasteiger partial charge is 0.349 e. The number of nitrogens with two attached hydrogens (primary N) is 1. The van der Waals surface area contributed by atoms with Crippen LogP contribution in [0.15, 0.2) is 6.20 Å². The number of aryl methyl sites for hydroxylation is 1. The monoisotopic (exact) mass is 278 g/mol. The average molecular weight is 278 g/mol. The van der Waals surface area contributed by atoms with Gasteiger partial charge in [-0.1, -0.05) is 0 Å². The molecule has 0 bridgehead atoms. The molecule has 0 saturated heterocycles. The van der Waals surface area contributed by atoms with Gasteiger partial charge in [0.1, 0.15) is 0 Å². The standard InChI is InChI=1S/C15H26N4O/c1-10(14-9-17-19(3)11(14)2)18-15(20)13-6-4-12(8-16)5-7-13/h9-10,12-13H,4-8,16H2,1-3H3,(H,18,20). The van der Waals surface area contributed by atoms with Crippen LogP contribution in [-0.2, 0) is 11.8 Å². The number of amides is 1. The third-order valence-electron chi connectivity index (χ3n) is 4.65. The van der Waals surface area contributed by atoms with Crippen molar-refractivity contribution in [3.63, 3.8) is 0 Å². The molecular weight excluding hydrogens is 252 g/mol. The van der Waals surface area contributed by atoms with Crippen molar-refractivity contribution in [3.05, 3.63) is 17.5 Å². The topological polar surface area (TPSA) is 72.9 Å². The van der Waals surface area contributed by atoms with Crippen LogP contribution in [0.5, 0.6) is 0 Å². The first-order valence-electron chi connectivity index (χ1n) is 7.51. The van der Waals surface area contributed by atoms with Gasteiger partial charge in [-0.3, -0.25) is 9.48 Å². The Morgan fingerprint density at radius 1 is 1.50 bits per heavy atom. The third-order valence-corrected chi connectivity index (χ3v) is 4.65. The molecule has 0 spiro atoms. The fourth-order valence-electron chi connectivity index (χ4n) is 3.01. The summed E-state index contributed by atoms with van der Waals surface area (Å²) in [6, 6.07) is 0.0171. The van der Waals surface area contributed by atoms with Gasteiger partial charge >= 0.3 is 0 Å². The zero-order chi connectivity index (χ0) is 14.7. The van der Waals surface area contributed by atoms with Gasteiger partial charge in [0.2, 0.25) is 5.91 Å². The molecule has 20 heavy (non-hydrogen) atoms. The van der Waals surface area contributed by atoms with E-state index in [1.165, 1.54) is 0 Å². The summed E-state index contributed by atoms with van der Waals surface area (Å²) in [5.74, 6) is 0.936. The molecule has 0 radical (unpaired) electrons. The molecule has 5 heteroatoms.